The molecule has 2 heterocycles. The van der Waals surface area contributed by atoms with Crippen LogP contribution in [0.1, 0.15) is 21.7 Å². The molecule has 0 fully saturated rings. The van der Waals surface area contributed by atoms with E-state index in [1.807, 2.05) is 13.8 Å². The summed E-state index contributed by atoms with van der Waals surface area (Å²) in [7, 11) is 0. The third-order valence-electron chi connectivity index (χ3n) is 2.36. The maximum atomic E-state index is 10.8. The van der Waals surface area contributed by atoms with Crippen LogP contribution in [-0.2, 0) is 0 Å². The maximum absolute atomic E-state index is 10.8. The molecule has 2 aromatic heterocycles. The zero-order valence-corrected chi connectivity index (χ0v) is 10.7. The van der Waals surface area contributed by atoms with Gasteiger partial charge in [0.15, 0.2) is 0 Å². The van der Waals surface area contributed by atoms with E-state index in [0.717, 1.165) is 11.4 Å². The van der Waals surface area contributed by atoms with Crippen LogP contribution < -0.4 is 0 Å². The number of aromatic carboxylic acids is 1. The Morgan fingerprint density at radius 1 is 1.22 bits per heavy atom. The smallest absolute Gasteiger partial charge is 0.335 e. The van der Waals surface area contributed by atoms with Crippen LogP contribution in [0.3, 0.4) is 0 Å². The van der Waals surface area contributed by atoms with Crippen molar-refractivity contribution in [3.05, 3.63) is 41.5 Å². The molecule has 5 nitrogen and oxygen atoms in total. The summed E-state index contributed by atoms with van der Waals surface area (Å²) in [5.74, 6) is -0.967. The summed E-state index contributed by atoms with van der Waals surface area (Å²) in [5.41, 5.74) is 1.95. The van der Waals surface area contributed by atoms with E-state index < -0.39 is 5.97 Å². The summed E-state index contributed by atoms with van der Waals surface area (Å²) < 4.78 is 0. The van der Waals surface area contributed by atoms with Gasteiger partial charge in [0.2, 0.25) is 0 Å². The largest absolute Gasteiger partial charge is 0.478 e. The third kappa shape index (κ3) is 2.84. The van der Waals surface area contributed by atoms with Crippen molar-refractivity contribution in [2.24, 2.45) is 0 Å². The van der Waals surface area contributed by atoms with Crippen LogP contribution in [0.15, 0.2) is 34.6 Å². The highest BCUT2D eigenvalue weighted by atomic mass is 32.2. The summed E-state index contributed by atoms with van der Waals surface area (Å²) in [5, 5.41) is 10.2. The Morgan fingerprint density at radius 3 is 2.67 bits per heavy atom. The lowest BCUT2D eigenvalue weighted by molar-refractivity contribution is 0.0696. The standard InChI is InChI=1S/C12H11N3O2S/c1-7-8(2)15-11(6-14-7)18-10-5-9(12(16)17)3-4-13-10/h3-6H,1-2H3,(H,16,17). The predicted octanol–water partition coefficient (Wildman–Crippen LogP) is 2.34. The molecule has 0 aliphatic carbocycles. The number of aryl methyl sites for hydroxylation is 2. The van der Waals surface area contributed by atoms with Gasteiger partial charge in [-0.25, -0.2) is 14.8 Å². The van der Waals surface area contributed by atoms with Crippen LogP contribution in [0.5, 0.6) is 0 Å². The molecule has 92 valence electrons. The molecule has 0 unspecified atom stereocenters. The van der Waals surface area contributed by atoms with E-state index >= 15 is 0 Å². The normalized spacial score (nSPS) is 10.3. The molecular weight excluding hydrogens is 250 g/mol. The lowest BCUT2D eigenvalue weighted by atomic mass is 10.3. The van der Waals surface area contributed by atoms with Crippen molar-refractivity contribution in [2.75, 3.05) is 0 Å². The topological polar surface area (TPSA) is 76.0 Å². The van der Waals surface area contributed by atoms with Crippen LogP contribution in [-0.4, -0.2) is 26.0 Å². The number of hydrogen-bond acceptors (Lipinski definition) is 5. The number of nitrogens with zero attached hydrogens (tertiary/aromatic N) is 3. The Balaban J connectivity index is 2.25. The number of rotatable bonds is 3. The minimum Gasteiger partial charge on any atom is -0.478 e. The van der Waals surface area contributed by atoms with Crippen molar-refractivity contribution in [2.45, 2.75) is 23.9 Å². The molecule has 6 heteroatoms. The van der Waals surface area contributed by atoms with Crippen molar-refractivity contribution in [1.29, 1.82) is 0 Å². The Labute approximate surface area is 108 Å². The molecule has 1 N–H and O–H groups in total. The summed E-state index contributed by atoms with van der Waals surface area (Å²) in [4.78, 5) is 23.5. The monoisotopic (exact) mass is 261 g/mol. The fourth-order valence-electron chi connectivity index (χ4n) is 1.28. The second kappa shape index (κ2) is 5.14. The van der Waals surface area contributed by atoms with E-state index in [4.69, 9.17) is 5.11 Å². The highest BCUT2D eigenvalue weighted by molar-refractivity contribution is 7.99. The highest BCUT2D eigenvalue weighted by Gasteiger charge is 2.07. The van der Waals surface area contributed by atoms with Gasteiger partial charge >= 0.3 is 5.97 Å². The lowest BCUT2D eigenvalue weighted by Gasteiger charge is -2.03. The molecule has 0 bridgehead atoms. The first-order valence-corrected chi connectivity index (χ1v) is 6.05. The van der Waals surface area contributed by atoms with Crippen LogP contribution in [0.2, 0.25) is 0 Å². The molecule has 0 aliphatic heterocycles. The van der Waals surface area contributed by atoms with Crippen molar-refractivity contribution >= 4 is 17.7 Å². The van der Waals surface area contributed by atoms with Gasteiger partial charge in [-0.3, -0.25) is 4.98 Å². The molecule has 0 amide bonds. The number of hydrogen-bond donors (Lipinski definition) is 1. The van der Waals surface area contributed by atoms with E-state index in [2.05, 4.69) is 15.0 Å². The number of pyridine rings is 1. The average Bonchev–Trinajstić information content (AvgIpc) is 2.34. The van der Waals surface area contributed by atoms with Crippen molar-refractivity contribution in [3.63, 3.8) is 0 Å². The molecular formula is C12H11N3O2S. The summed E-state index contributed by atoms with van der Waals surface area (Å²) >= 11 is 1.29. The Hall–Kier alpha value is -1.95. The zero-order valence-electron chi connectivity index (χ0n) is 9.91. The van der Waals surface area contributed by atoms with Gasteiger partial charge in [0, 0.05) is 6.20 Å². The Bertz CT molecular complexity index is 602. The first-order valence-electron chi connectivity index (χ1n) is 5.23. The molecule has 2 rings (SSSR count). The van der Waals surface area contributed by atoms with Gasteiger partial charge in [0.25, 0.3) is 0 Å². The number of aromatic nitrogens is 3. The molecule has 0 radical (unpaired) electrons. The van der Waals surface area contributed by atoms with Gasteiger partial charge in [-0.05, 0) is 37.7 Å². The lowest BCUT2D eigenvalue weighted by Crippen LogP contribution is -1.97. The average molecular weight is 261 g/mol. The predicted molar refractivity (Wildman–Crippen MR) is 66.8 cm³/mol. The first-order chi connectivity index (χ1) is 8.56. The number of carboxylic acids is 1. The van der Waals surface area contributed by atoms with Crippen LogP contribution in [0.25, 0.3) is 0 Å². The van der Waals surface area contributed by atoms with Crippen LogP contribution in [0, 0.1) is 13.8 Å². The fraction of sp³-hybridized carbons (Fsp3) is 0.167. The van der Waals surface area contributed by atoms with E-state index in [9.17, 15) is 4.79 Å². The van der Waals surface area contributed by atoms with Gasteiger partial charge in [0.05, 0.1) is 23.1 Å². The van der Waals surface area contributed by atoms with Crippen LogP contribution in [0.4, 0.5) is 0 Å². The SMILES string of the molecule is Cc1ncc(Sc2cc(C(=O)O)ccn2)nc1C. The summed E-state index contributed by atoms with van der Waals surface area (Å²) in [6.45, 7) is 3.77. The maximum Gasteiger partial charge on any atom is 0.335 e. The quantitative estimate of drug-likeness (QED) is 0.913. The van der Waals surface area contributed by atoms with Crippen LogP contribution >= 0.6 is 11.8 Å². The molecule has 0 spiro atoms. The van der Waals surface area contributed by atoms with E-state index in [1.54, 1.807) is 6.20 Å². The third-order valence-corrected chi connectivity index (χ3v) is 3.20. The zero-order chi connectivity index (χ0) is 13.1. The molecule has 2 aromatic rings. The van der Waals surface area contributed by atoms with E-state index in [1.165, 1.54) is 30.1 Å². The summed E-state index contributed by atoms with van der Waals surface area (Å²) in [6.07, 6.45) is 3.13. The molecule has 0 aliphatic rings. The van der Waals surface area contributed by atoms with Crippen molar-refractivity contribution in [1.82, 2.24) is 15.0 Å². The minimum absolute atomic E-state index is 0.212. The van der Waals surface area contributed by atoms with E-state index in [0.29, 0.717) is 10.1 Å². The highest BCUT2D eigenvalue weighted by Crippen LogP contribution is 2.24. The van der Waals surface area contributed by atoms with Gasteiger partial charge < -0.3 is 5.11 Å². The van der Waals surface area contributed by atoms with Gasteiger partial charge in [-0.2, -0.15) is 0 Å². The van der Waals surface area contributed by atoms with Gasteiger partial charge in [-0.1, -0.05) is 0 Å². The molecule has 0 saturated heterocycles. The van der Waals surface area contributed by atoms with Crippen molar-refractivity contribution < 1.29 is 9.90 Å². The Kier molecular flexibility index (Phi) is 3.57. The molecule has 0 saturated carbocycles. The van der Waals surface area contributed by atoms with Gasteiger partial charge in [-0.15, -0.1) is 0 Å². The van der Waals surface area contributed by atoms with Gasteiger partial charge in [0.1, 0.15) is 10.1 Å². The Morgan fingerprint density at radius 2 is 2.00 bits per heavy atom. The molecule has 18 heavy (non-hydrogen) atoms. The molecule has 0 aromatic carbocycles. The first kappa shape index (κ1) is 12.5. The fourth-order valence-corrected chi connectivity index (χ4v) is 2.08. The number of carboxylic acid groups (broad SMARTS) is 1. The summed E-state index contributed by atoms with van der Waals surface area (Å²) in [6, 6.07) is 2.97. The second-order valence-corrected chi connectivity index (χ2v) is 4.71. The molecule has 0 atom stereocenters. The minimum atomic E-state index is -0.967. The van der Waals surface area contributed by atoms with Crippen molar-refractivity contribution in [3.8, 4) is 0 Å². The van der Waals surface area contributed by atoms with E-state index in [-0.39, 0.29) is 5.56 Å². The second-order valence-electron chi connectivity index (χ2n) is 3.67. The number of carbonyl (C=O) groups is 1.